The fourth-order valence-electron chi connectivity index (χ4n) is 4.11. The first kappa shape index (κ1) is 27.1. The molecule has 0 saturated carbocycles. The van der Waals surface area contributed by atoms with E-state index in [0.29, 0.717) is 27.6 Å². The summed E-state index contributed by atoms with van der Waals surface area (Å²) in [4.78, 5) is 10.8. The highest BCUT2D eigenvalue weighted by Crippen LogP contribution is 2.35. The molecule has 200 valence electrons. The van der Waals surface area contributed by atoms with E-state index in [0.717, 1.165) is 5.56 Å². The maximum absolute atomic E-state index is 13.6. The summed E-state index contributed by atoms with van der Waals surface area (Å²) in [6.07, 6.45) is -3.22. The van der Waals surface area contributed by atoms with Crippen molar-refractivity contribution < 1.29 is 41.0 Å². The smallest absolute Gasteiger partial charge is 0.482 e. The van der Waals surface area contributed by atoms with Crippen LogP contribution in [0.4, 0.5) is 13.2 Å². The number of aryl methyl sites for hydroxylation is 1. The first-order valence-corrected chi connectivity index (χ1v) is 12.9. The molecule has 11 heteroatoms. The maximum Gasteiger partial charge on any atom is 0.573 e. The zero-order valence-corrected chi connectivity index (χ0v) is 21.4. The second kappa shape index (κ2) is 10.1. The second-order valence-electron chi connectivity index (χ2n) is 8.95. The molecular formula is C27H24F3NO6S. The van der Waals surface area contributed by atoms with Crippen molar-refractivity contribution in [2.24, 2.45) is 0 Å². The van der Waals surface area contributed by atoms with Crippen LogP contribution in [0.15, 0.2) is 71.8 Å². The molecule has 0 saturated heterocycles. The van der Waals surface area contributed by atoms with Crippen molar-refractivity contribution in [1.82, 2.24) is 3.97 Å². The van der Waals surface area contributed by atoms with Gasteiger partial charge in [-0.25, -0.2) is 17.2 Å². The third-order valence-electron chi connectivity index (χ3n) is 5.90. The largest absolute Gasteiger partial charge is 0.573 e. The lowest BCUT2D eigenvalue weighted by Gasteiger charge is -2.12. The maximum atomic E-state index is 13.6. The minimum atomic E-state index is -4.79. The molecule has 1 aromatic heterocycles. The van der Waals surface area contributed by atoms with Gasteiger partial charge in [-0.2, -0.15) is 0 Å². The number of carbonyl (C=O) groups is 1. The normalized spacial score (nSPS) is 12.2. The molecule has 0 aliphatic carbocycles. The SMILES string of the molecule is Cc1cc(S(=O)(=O)n2cc(C(C)C)c3cc(-c4ccc(OC(F)(F)F)cc4)ccc32)ccc1OCC(=O)O. The Balaban J connectivity index is 1.74. The monoisotopic (exact) mass is 547 g/mol. The molecule has 0 fully saturated rings. The predicted octanol–water partition coefficient (Wildman–Crippen LogP) is 6.34. The number of carboxylic acid groups (broad SMARTS) is 1. The highest BCUT2D eigenvalue weighted by molar-refractivity contribution is 7.90. The molecule has 38 heavy (non-hydrogen) atoms. The Morgan fingerprint density at radius 1 is 1.00 bits per heavy atom. The van der Waals surface area contributed by atoms with Crippen molar-refractivity contribution in [3.8, 4) is 22.6 Å². The molecule has 0 aliphatic heterocycles. The minimum Gasteiger partial charge on any atom is -0.482 e. The summed E-state index contributed by atoms with van der Waals surface area (Å²) in [5.41, 5.74) is 3.02. The Labute approximate surface area is 217 Å². The summed E-state index contributed by atoms with van der Waals surface area (Å²) < 4.78 is 75.1. The summed E-state index contributed by atoms with van der Waals surface area (Å²) >= 11 is 0. The number of nitrogens with zero attached hydrogens (tertiary/aromatic N) is 1. The molecule has 3 aromatic carbocycles. The lowest BCUT2D eigenvalue weighted by atomic mass is 9.98. The van der Waals surface area contributed by atoms with Gasteiger partial charge in [0.15, 0.2) is 6.61 Å². The Bertz CT molecular complexity index is 1610. The molecule has 0 radical (unpaired) electrons. The minimum absolute atomic E-state index is 0.00853. The highest BCUT2D eigenvalue weighted by Gasteiger charge is 2.31. The van der Waals surface area contributed by atoms with E-state index in [9.17, 15) is 26.4 Å². The molecule has 7 nitrogen and oxygen atoms in total. The lowest BCUT2D eigenvalue weighted by Crippen LogP contribution is -2.16. The summed E-state index contributed by atoms with van der Waals surface area (Å²) in [5.74, 6) is -1.24. The summed E-state index contributed by atoms with van der Waals surface area (Å²) in [7, 11) is -4.03. The number of benzene rings is 3. The van der Waals surface area contributed by atoms with E-state index in [1.165, 1.54) is 46.4 Å². The zero-order chi connectivity index (χ0) is 27.8. The van der Waals surface area contributed by atoms with Crippen LogP contribution in [0.2, 0.25) is 0 Å². The molecule has 0 atom stereocenters. The van der Waals surface area contributed by atoms with E-state index in [1.54, 1.807) is 25.3 Å². The van der Waals surface area contributed by atoms with Gasteiger partial charge in [-0.3, -0.25) is 0 Å². The molecule has 0 unspecified atom stereocenters. The first-order valence-electron chi connectivity index (χ1n) is 11.5. The van der Waals surface area contributed by atoms with Crippen molar-refractivity contribution >= 4 is 26.9 Å². The van der Waals surface area contributed by atoms with Gasteiger partial charge in [-0.05, 0) is 77.6 Å². The molecule has 1 N–H and O–H groups in total. The van der Waals surface area contributed by atoms with Gasteiger partial charge >= 0.3 is 12.3 Å². The molecule has 4 aromatic rings. The van der Waals surface area contributed by atoms with Crippen LogP contribution < -0.4 is 9.47 Å². The Kier molecular flexibility index (Phi) is 7.16. The van der Waals surface area contributed by atoms with Gasteiger partial charge in [-0.1, -0.05) is 32.0 Å². The van der Waals surface area contributed by atoms with Crippen LogP contribution in [0.5, 0.6) is 11.5 Å². The van der Waals surface area contributed by atoms with Crippen molar-refractivity contribution in [3.63, 3.8) is 0 Å². The van der Waals surface area contributed by atoms with E-state index in [4.69, 9.17) is 9.84 Å². The number of ether oxygens (including phenoxy) is 2. The number of halogens is 3. The van der Waals surface area contributed by atoms with Crippen LogP contribution in [-0.4, -0.2) is 36.4 Å². The van der Waals surface area contributed by atoms with Crippen molar-refractivity contribution in [1.29, 1.82) is 0 Å². The average Bonchev–Trinajstić information content (AvgIpc) is 3.22. The van der Waals surface area contributed by atoms with Crippen LogP contribution in [0.25, 0.3) is 22.0 Å². The topological polar surface area (TPSA) is 94.8 Å². The third kappa shape index (κ3) is 5.62. The van der Waals surface area contributed by atoms with Gasteiger partial charge in [-0.15, -0.1) is 13.2 Å². The molecule has 0 spiro atoms. The van der Waals surface area contributed by atoms with Gasteiger partial charge in [0, 0.05) is 11.6 Å². The van der Waals surface area contributed by atoms with E-state index in [2.05, 4.69) is 4.74 Å². The Hall–Kier alpha value is -3.99. The van der Waals surface area contributed by atoms with Crippen molar-refractivity contribution in [2.45, 2.75) is 37.9 Å². The average molecular weight is 548 g/mol. The Morgan fingerprint density at radius 2 is 1.66 bits per heavy atom. The van der Waals surface area contributed by atoms with Crippen LogP contribution in [0, 0.1) is 6.92 Å². The van der Waals surface area contributed by atoms with Crippen LogP contribution in [0.3, 0.4) is 0 Å². The number of hydrogen-bond acceptors (Lipinski definition) is 5. The lowest BCUT2D eigenvalue weighted by molar-refractivity contribution is -0.274. The van der Waals surface area contributed by atoms with Gasteiger partial charge in [0.05, 0.1) is 10.4 Å². The summed E-state index contributed by atoms with van der Waals surface area (Å²) in [5, 5.41) is 9.51. The molecule has 4 rings (SSSR count). The number of alkyl halides is 3. The molecule has 0 aliphatic rings. The van der Waals surface area contributed by atoms with E-state index >= 15 is 0 Å². The van der Waals surface area contributed by atoms with Crippen molar-refractivity contribution in [2.75, 3.05) is 6.61 Å². The Morgan fingerprint density at radius 3 is 2.24 bits per heavy atom. The van der Waals surface area contributed by atoms with Gasteiger partial charge < -0.3 is 14.6 Å². The first-order chi connectivity index (χ1) is 17.8. The van der Waals surface area contributed by atoms with Crippen molar-refractivity contribution in [3.05, 3.63) is 78.0 Å². The van der Waals surface area contributed by atoms with Crippen LogP contribution in [-0.2, 0) is 14.8 Å². The fourth-order valence-corrected chi connectivity index (χ4v) is 5.57. The quantitative estimate of drug-likeness (QED) is 0.277. The molecule has 1 heterocycles. The molecule has 0 bridgehead atoms. The van der Waals surface area contributed by atoms with E-state index in [-0.39, 0.29) is 22.3 Å². The van der Waals surface area contributed by atoms with Gasteiger partial charge in [0.2, 0.25) is 0 Å². The number of rotatable bonds is 8. The zero-order valence-electron chi connectivity index (χ0n) is 20.6. The standard InChI is InChI=1S/C27H24F3NO6S/c1-16(2)23-14-31(38(34,35)21-9-11-25(17(3)12-21)36-15-26(32)33)24-10-6-19(13-22(23)24)18-4-7-20(8-5-18)37-27(28,29)30/h4-14,16H,15H2,1-3H3,(H,32,33). The number of aliphatic carboxylic acids is 1. The molecule has 0 amide bonds. The van der Waals surface area contributed by atoms with Gasteiger partial charge in [0.1, 0.15) is 11.5 Å². The summed E-state index contributed by atoms with van der Waals surface area (Å²) in [6.45, 7) is 4.94. The van der Waals surface area contributed by atoms with Gasteiger partial charge in [0.25, 0.3) is 10.0 Å². The van der Waals surface area contributed by atoms with Crippen LogP contribution in [0.1, 0.15) is 30.9 Å². The number of hydrogen-bond donors (Lipinski definition) is 1. The van der Waals surface area contributed by atoms with E-state index in [1.807, 2.05) is 19.9 Å². The highest BCUT2D eigenvalue weighted by atomic mass is 32.2. The summed E-state index contributed by atoms with van der Waals surface area (Å²) in [6, 6.07) is 14.8. The number of aromatic nitrogens is 1. The predicted molar refractivity (Wildman–Crippen MR) is 135 cm³/mol. The second-order valence-corrected chi connectivity index (χ2v) is 10.8. The number of fused-ring (bicyclic) bond motifs is 1. The molecular weight excluding hydrogens is 523 g/mol. The number of carboxylic acids is 1. The fraction of sp³-hybridized carbons (Fsp3) is 0.222. The van der Waals surface area contributed by atoms with Crippen LogP contribution >= 0.6 is 0 Å². The third-order valence-corrected chi connectivity index (χ3v) is 7.57. The van der Waals surface area contributed by atoms with E-state index < -0.39 is 29.0 Å².